The van der Waals surface area contributed by atoms with Crippen LogP contribution in [-0.2, 0) is 5.75 Å². The van der Waals surface area contributed by atoms with Gasteiger partial charge in [-0.1, -0.05) is 23.1 Å². The first kappa shape index (κ1) is 15.2. The van der Waals surface area contributed by atoms with Crippen LogP contribution in [0.2, 0.25) is 0 Å². The zero-order valence-corrected chi connectivity index (χ0v) is 14.9. The Bertz CT molecular complexity index is 1130. The van der Waals surface area contributed by atoms with E-state index >= 15 is 0 Å². The summed E-state index contributed by atoms with van der Waals surface area (Å²) >= 11 is 2.82. The molecule has 0 aliphatic rings. The van der Waals surface area contributed by atoms with Gasteiger partial charge in [-0.2, -0.15) is 14.6 Å². The van der Waals surface area contributed by atoms with Gasteiger partial charge in [0.2, 0.25) is 10.1 Å². The molecule has 0 bridgehead atoms. The van der Waals surface area contributed by atoms with E-state index in [1.807, 2.05) is 26.8 Å². The predicted octanol–water partition coefficient (Wildman–Crippen LogP) is 1.81. The third-order valence-corrected chi connectivity index (χ3v) is 5.04. The van der Waals surface area contributed by atoms with Crippen LogP contribution in [0.1, 0.15) is 22.1 Å². The molecule has 0 N–H and O–H groups in total. The van der Waals surface area contributed by atoms with Crippen molar-refractivity contribution in [1.82, 2.24) is 34.2 Å². The molecule has 0 saturated carbocycles. The van der Waals surface area contributed by atoms with Gasteiger partial charge in [-0.3, -0.25) is 4.79 Å². The van der Waals surface area contributed by atoms with Gasteiger partial charge in [0.25, 0.3) is 11.3 Å². The molecule has 8 nitrogen and oxygen atoms in total. The lowest BCUT2D eigenvalue weighted by Crippen LogP contribution is -2.15. The monoisotopic (exact) mass is 359 g/mol. The molecule has 0 aliphatic carbocycles. The van der Waals surface area contributed by atoms with Gasteiger partial charge < -0.3 is 0 Å². The lowest BCUT2D eigenvalue weighted by Gasteiger charge is -1.98. The van der Waals surface area contributed by atoms with E-state index in [1.165, 1.54) is 33.7 Å². The molecule has 0 saturated heterocycles. The fraction of sp³-hybridized carbons (Fsp3) is 0.286. The van der Waals surface area contributed by atoms with Crippen LogP contribution in [0.3, 0.4) is 0 Å². The molecule has 24 heavy (non-hydrogen) atoms. The Balaban J connectivity index is 1.63. The first-order valence-corrected chi connectivity index (χ1v) is 9.00. The summed E-state index contributed by atoms with van der Waals surface area (Å²) in [5, 5.41) is 10.00. The van der Waals surface area contributed by atoms with Crippen LogP contribution in [0, 0.1) is 20.8 Å². The molecule has 0 aliphatic heterocycles. The van der Waals surface area contributed by atoms with Crippen molar-refractivity contribution >= 4 is 33.8 Å². The van der Waals surface area contributed by atoms with Crippen LogP contribution >= 0.6 is 23.1 Å². The minimum atomic E-state index is -0.170. The van der Waals surface area contributed by atoms with Gasteiger partial charge in [-0.25, -0.2) is 14.5 Å². The third kappa shape index (κ3) is 2.67. The molecule has 0 spiro atoms. The van der Waals surface area contributed by atoms with Crippen LogP contribution in [0.4, 0.5) is 0 Å². The summed E-state index contributed by atoms with van der Waals surface area (Å²) in [6.45, 7) is 5.75. The average Bonchev–Trinajstić information content (AvgIpc) is 3.08. The highest BCUT2D eigenvalue weighted by atomic mass is 32.2. The zero-order valence-electron chi connectivity index (χ0n) is 13.2. The second-order valence-electron chi connectivity index (χ2n) is 5.33. The van der Waals surface area contributed by atoms with Gasteiger partial charge in [0, 0.05) is 23.2 Å². The topological polar surface area (TPSA) is 90.3 Å². The second kappa shape index (κ2) is 5.64. The van der Waals surface area contributed by atoms with E-state index in [9.17, 15) is 4.79 Å². The smallest absolute Gasteiger partial charge is 0.267 e. The minimum absolute atomic E-state index is 0.170. The predicted molar refractivity (Wildman–Crippen MR) is 91.7 cm³/mol. The number of aromatic nitrogens is 7. The number of nitrogens with zero attached hydrogens (tertiary/aromatic N) is 7. The van der Waals surface area contributed by atoms with E-state index in [0.717, 1.165) is 16.4 Å². The highest BCUT2D eigenvalue weighted by molar-refractivity contribution is 7.98. The van der Waals surface area contributed by atoms with Crippen LogP contribution < -0.4 is 5.56 Å². The van der Waals surface area contributed by atoms with E-state index < -0.39 is 0 Å². The summed E-state index contributed by atoms with van der Waals surface area (Å²) in [4.78, 5) is 25.9. The van der Waals surface area contributed by atoms with Crippen molar-refractivity contribution in [3.63, 3.8) is 0 Å². The van der Waals surface area contributed by atoms with E-state index in [4.69, 9.17) is 0 Å². The van der Waals surface area contributed by atoms with E-state index in [0.29, 0.717) is 27.3 Å². The molecular formula is C14H13N7OS2. The molecule has 0 aromatic carbocycles. The van der Waals surface area contributed by atoms with Crippen molar-refractivity contribution in [2.24, 2.45) is 0 Å². The number of thioether (sulfide) groups is 1. The number of aryl methyl sites for hydroxylation is 3. The maximum absolute atomic E-state index is 12.1. The Labute approximate surface area is 144 Å². The summed E-state index contributed by atoms with van der Waals surface area (Å²) in [5.41, 5.74) is 2.41. The lowest BCUT2D eigenvalue weighted by molar-refractivity contribution is 0.842. The molecule has 0 amide bonds. The van der Waals surface area contributed by atoms with E-state index in [2.05, 4.69) is 25.1 Å². The van der Waals surface area contributed by atoms with Crippen molar-refractivity contribution in [2.75, 3.05) is 0 Å². The molecule has 10 heteroatoms. The number of hydrogen-bond acceptors (Lipinski definition) is 8. The van der Waals surface area contributed by atoms with E-state index in [-0.39, 0.29) is 5.56 Å². The molecule has 4 heterocycles. The third-order valence-electron chi connectivity index (χ3n) is 3.35. The van der Waals surface area contributed by atoms with Crippen molar-refractivity contribution in [3.05, 3.63) is 44.6 Å². The fourth-order valence-corrected chi connectivity index (χ4v) is 3.85. The first-order chi connectivity index (χ1) is 11.5. The summed E-state index contributed by atoms with van der Waals surface area (Å²) in [5.74, 6) is 1.09. The van der Waals surface area contributed by atoms with E-state index in [1.54, 1.807) is 4.52 Å². The normalized spacial score (nSPS) is 11.6. The van der Waals surface area contributed by atoms with Gasteiger partial charge in [-0.15, -0.1) is 5.10 Å². The summed E-state index contributed by atoms with van der Waals surface area (Å²) < 4.78 is 3.04. The van der Waals surface area contributed by atoms with Crippen molar-refractivity contribution in [2.45, 2.75) is 31.7 Å². The molecule has 4 aromatic heterocycles. The Hall–Kier alpha value is -2.33. The highest BCUT2D eigenvalue weighted by Gasteiger charge is 2.11. The Morgan fingerprint density at radius 1 is 1.08 bits per heavy atom. The van der Waals surface area contributed by atoms with Crippen LogP contribution in [0.25, 0.3) is 10.7 Å². The molecule has 0 radical (unpaired) electrons. The molecule has 4 aromatic rings. The quantitative estimate of drug-likeness (QED) is 0.515. The van der Waals surface area contributed by atoms with Gasteiger partial charge in [0.05, 0.1) is 5.69 Å². The maximum Gasteiger partial charge on any atom is 0.275 e. The Morgan fingerprint density at radius 3 is 2.75 bits per heavy atom. The Morgan fingerprint density at radius 2 is 1.92 bits per heavy atom. The van der Waals surface area contributed by atoms with Crippen LogP contribution in [-0.4, -0.2) is 34.2 Å². The standard InChI is InChI=1S/C14H13N7OS2/c1-7-4-8(2)20-12(15-7)17-13(19-20)23-6-10-5-11(22)21-14(16-10)24-9(3)18-21/h4-5H,6H2,1-3H3. The summed E-state index contributed by atoms with van der Waals surface area (Å²) in [7, 11) is 0. The second-order valence-corrected chi connectivity index (χ2v) is 7.44. The first-order valence-electron chi connectivity index (χ1n) is 7.20. The van der Waals surface area contributed by atoms with Gasteiger partial charge in [-0.05, 0) is 26.8 Å². The van der Waals surface area contributed by atoms with Crippen molar-refractivity contribution in [3.8, 4) is 0 Å². The number of rotatable bonds is 3. The largest absolute Gasteiger partial charge is 0.275 e. The minimum Gasteiger partial charge on any atom is -0.267 e. The number of fused-ring (bicyclic) bond motifs is 2. The van der Waals surface area contributed by atoms with Gasteiger partial charge in [0.15, 0.2) is 0 Å². The zero-order chi connectivity index (χ0) is 16.8. The maximum atomic E-state index is 12.1. The van der Waals surface area contributed by atoms with Crippen molar-refractivity contribution < 1.29 is 0 Å². The molecular weight excluding hydrogens is 346 g/mol. The SMILES string of the molecule is Cc1cc(C)n2nc(SCc3cc(=O)n4nc(C)sc4n3)nc2n1. The average molecular weight is 359 g/mol. The summed E-state index contributed by atoms with van der Waals surface area (Å²) in [6, 6.07) is 3.46. The molecule has 0 fully saturated rings. The van der Waals surface area contributed by atoms with Gasteiger partial charge in [0.1, 0.15) is 5.01 Å². The Kier molecular flexibility index (Phi) is 3.57. The molecule has 0 unspecified atom stereocenters. The molecule has 0 atom stereocenters. The fourth-order valence-electron chi connectivity index (χ4n) is 2.37. The molecule has 4 rings (SSSR count). The lowest BCUT2D eigenvalue weighted by atomic mass is 10.4. The molecule has 122 valence electrons. The summed E-state index contributed by atoms with van der Waals surface area (Å²) in [6.07, 6.45) is 0. The highest BCUT2D eigenvalue weighted by Crippen LogP contribution is 2.20. The van der Waals surface area contributed by atoms with Gasteiger partial charge >= 0.3 is 0 Å². The van der Waals surface area contributed by atoms with Crippen molar-refractivity contribution in [1.29, 1.82) is 0 Å². The number of hydrogen-bond donors (Lipinski definition) is 0. The van der Waals surface area contributed by atoms with Crippen LogP contribution in [0.15, 0.2) is 22.1 Å². The van der Waals surface area contributed by atoms with Crippen LogP contribution in [0.5, 0.6) is 0 Å².